The van der Waals surface area contributed by atoms with E-state index in [0.717, 1.165) is 6.26 Å². The standard InChI is InChI=1S/C7H13F3O3S2/c1-15(11,12)13-5-3-2-4-6-14-7(8,9)10/h2-6H2,1H3. The van der Waals surface area contributed by atoms with Crippen molar-refractivity contribution in [3.05, 3.63) is 0 Å². The fourth-order valence-electron chi connectivity index (χ4n) is 0.779. The van der Waals surface area contributed by atoms with Gasteiger partial charge < -0.3 is 0 Å². The summed E-state index contributed by atoms with van der Waals surface area (Å²) in [4.78, 5) is 0. The van der Waals surface area contributed by atoms with Gasteiger partial charge in [0.25, 0.3) is 10.1 Å². The zero-order valence-corrected chi connectivity index (χ0v) is 9.84. The molecule has 8 heteroatoms. The lowest BCUT2D eigenvalue weighted by Crippen LogP contribution is -2.04. The first-order chi connectivity index (χ1) is 6.71. The molecule has 92 valence electrons. The molecule has 0 unspecified atom stereocenters. The number of rotatable bonds is 7. The Kier molecular flexibility index (Phi) is 6.62. The van der Waals surface area contributed by atoms with Crippen LogP contribution in [0.15, 0.2) is 0 Å². The van der Waals surface area contributed by atoms with Crippen molar-refractivity contribution >= 4 is 21.9 Å². The predicted molar refractivity (Wildman–Crippen MR) is 53.2 cm³/mol. The van der Waals surface area contributed by atoms with E-state index in [2.05, 4.69) is 4.18 Å². The van der Waals surface area contributed by atoms with Gasteiger partial charge >= 0.3 is 5.51 Å². The summed E-state index contributed by atoms with van der Waals surface area (Å²) in [6.45, 7) is 0.0372. The summed E-state index contributed by atoms with van der Waals surface area (Å²) >= 11 is -0.0619. The summed E-state index contributed by atoms with van der Waals surface area (Å²) in [6.07, 6.45) is 2.31. The molecule has 0 fully saturated rings. The Bertz CT molecular complexity index is 261. The summed E-state index contributed by atoms with van der Waals surface area (Å²) in [6, 6.07) is 0. The van der Waals surface area contributed by atoms with Gasteiger partial charge in [0.15, 0.2) is 0 Å². The lowest BCUT2D eigenvalue weighted by Gasteiger charge is -2.04. The molecule has 0 spiro atoms. The minimum atomic E-state index is -4.18. The predicted octanol–water partition coefficient (Wildman–Crippen LogP) is 2.39. The van der Waals surface area contributed by atoms with Crippen LogP contribution in [0.4, 0.5) is 13.2 Å². The van der Waals surface area contributed by atoms with E-state index in [4.69, 9.17) is 0 Å². The molecule has 0 heterocycles. The molecule has 0 amide bonds. The molecule has 0 saturated heterocycles. The van der Waals surface area contributed by atoms with Gasteiger partial charge in [-0.3, -0.25) is 4.18 Å². The van der Waals surface area contributed by atoms with E-state index < -0.39 is 15.6 Å². The average molecular weight is 266 g/mol. The Morgan fingerprint density at radius 3 is 2.27 bits per heavy atom. The number of thioether (sulfide) groups is 1. The van der Waals surface area contributed by atoms with Gasteiger partial charge in [-0.2, -0.15) is 21.6 Å². The Labute approximate surface area is 91.5 Å². The quantitative estimate of drug-likeness (QED) is 0.524. The zero-order valence-electron chi connectivity index (χ0n) is 8.21. The molecule has 0 aromatic heterocycles. The summed E-state index contributed by atoms with van der Waals surface area (Å²) in [7, 11) is -3.43. The number of unbranched alkanes of at least 4 members (excludes halogenated alkanes) is 2. The second-order valence-electron chi connectivity index (χ2n) is 2.88. The Morgan fingerprint density at radius 1 is 1.20 bits per heavy atom. The number of hydrogen-bond donors (Lipinski definition) is 0. The van der Waals surface area contributed by atoms with Gasteiger partial charge in [-0.15, -0.1) is 0 Å². The van der Waals surface area contributed by atoms with E-state index in [9.17, 15) is 21.6 Å². The monoisotopic (exact) mass is 266 g/mol. The third kappa shape index (κ3) is 14.1. The van der Waals surface area contributed by atoms with Crippen LogP contribution >= 0.6 is 11.8 Å². The van der Waals surface area contributed by atoms with E-state index in [1.807, 2.05) is 0 Å². The molecule has 0 atom stereocenters. The van der Waals surface area contributed by atoms with E-state index in [1.54, 1.807) is 0 Å². The molecule has 0 bridgehead atoms. The van der Waals surface area contributed by atoms with Gasteiger partial charge in [-0.25, -0.2) is 0 Å². The molecule has 0 N–H and O–H groups in total. The van der Waals surface area contributed by atoms with Crippen LogP contribution in [0.1, 0.15) is 19.3 Å². The smallest absolute Gasteiger partial charge is 0.270 e. The first-order valence-corrected chi connectivity index (χ1v) is 7.06. The van der Waals surface area contributed by atoms with Crippen LogP contribution in [0.2, 0.25) is 0 Å². The molecule has 3 nitrogen and oxygen atoms in total. The number of hydrogen-bond acceptors (Lipinski definition) is 4. The van der Waals surface area contributed by atoms with Crippen molar-refractivity contribution in [1.29, 1.82) is 0 Å². The Hall–Kier alpha value is 0.0500. The normalized spacial score (nSPS) is 13.1. The van der Waals surface area contributed by atoms with Gasteiger partial charge in [-0.05, 0) is 12.8 Å². The maximum atomic E-state index is 11.6. The summed E-state index contributed by atoms with van der Waals surface area (Å²) < 4.78 is 60.3. The van der Waals surface area contributed by atoms with Crippen molar-refractivity contribution in [3.8, 4) is 0 Å². The maximum absolute atomic E-state index is 11.6. The fraction of sp³-hybridized carbons (Fsp3) is 1.00. The van der Waals surface area contributed by atoms with Crippen molar-refractivity contribution in [2.75, 3.05) is 18.6 Å². The fourth-order valence-corrected chi connectivity index (χ4v) is 1.78. The van der Waals surface area contributed by atoms with Gasteiger partial charge in [-0.1, -0.05) is 18.2 Å². The number of alkyl halides is 3. The highest BCUT2D eigenvalue weighted by Crippen LogP contribution is 2.30. The molecular weight excluding hydrogens is 253 g/mol. The Balaban J connectivity index is 3.27. The van der Waals surface area contributed by atoms with Gasteiger partial charge in [0.05, 0.1) is 12.9 Å². The third-order valence-corrected chi connectivity index (χ3v) is 2.77. The van der Waals surface area contributed by atoms with Crippen LogP contribution in [-0.4, -0.2) is 32.5 Å². The van der Waals surface area contributed by atoms with Crippen LogP contribution in [0.25, 0.3) is 0 Å². The number of halogens is 3. The van der Waals surface area contributed by atoms with Gasteiger partial charge in [0.1, 0.15) is 0 Å². The SMILES string of the molecule is CS(=O)(=O)OCCCCCSC(F)(F)F. The van der Waals surface area contributed by atoms with Crippen molar-refractivity contribution in [2.24, 2.45) is 0 Å². The lowest BCUT2D eigenvalue weighted by molar-refractivity contribution is -0.0328. The van der Waals surface area contributed by atoms with Crippen LogP contribution in [-0.2, 0) is 14.3 Å². The van der Waals surface area contributed by atoms with Crippen molar-refractivity contribution in [1.82, 2.24) is 0 Å². The van der Waals surface area contributed by atoms with E-state index in [-0.39, 0.29) is 24.1 Å². The molecule has 0 aliphatic heterocycles. The van der Waals surface area contributed by atoms with Crippen LogP contribution in [0, 0.1) is 0 Å². The highest BCUT2D eigenvalue weighted by atomic mass is 32.2. The Morgan fingerprint density at radius 2 is 1.80 bits per heavy atom. The summed E-state index contributed by atoms with van der Waals surface area (Å²) in [5.74, 6) is 0.00236. The molecule has 0 aromatic carbocycles. The van der Waals surface area contributed by atoms with Crippen molar-refractivity contribution < 1.29 is 25.8 Å². The van der Waals surface area contributed by atoms with Crippen LogP contribution in [0.3, 0.4) is 0 Å². The van der Waals surface area contributed by atoms with E-state index >= 15 is 0 Å². The molecule has 0 rings (SSSR count). The molecule has 0 aliphatic rings. The van der Waals surface area contributed by atoms with Gasteiger partial charge in [0, 0.05) is 5.75 Å². The minimum absolute atomic E-state index is 0.00236. The molecular formula is C7H13F3O3S2. The molecule has 0 saturated carbocycles. The van der Waals surface area contributed by atoms with Crippen LogP contribution < -0.4 is 0 Å². The average Bonchev–Trinajstić information content (AvgIpc) is 1.98. The highest BCUT2D eigenvalue weighted by molar-refractivity contribution is 8.00. The molecule has 0 radical (unpaired) electrons. The minimum Gasteiger partial charge on any atom is -0.270 e. The topological polar surface area (TPSA) is 43.4 Å². The van der Waals surface area contributed by atoms with Crippen molar-refractivity contribution in [2.45, 2.75) is 24.8 Å². The highest BCUT2D eigenvalue weighted by Gasteiger charge is 2.27. The van der Waals surface area contributed by atoms with Crippen molar-refractivity contribution in [3.63, 3.8) is 0 Å². The molecule has 0 aliphatic carbocycles. The van der Waals surface area contributed by atoms with E-state index in [0.29, 0.717) is 19.3 Å². The summed E-state index contributed by atoms with van der Waals surface area (Å²) in [5.41, 5.74) is -4.18. The first-order valence-electron chi connectivity index (χ1n) is 4.26. The summed E-state index contributed by atoms with van der Waals surface area (Å²) in [5, 5.41) is 0. The largest absolute Gasteiger partial charge is 0.441 e. The maximum Gasteiger partial charge on any atom is 0.441 e. The first kappa shape index (κ1) is 15.0. The second-order valence-corrected chi connectivity index (χ2v) is 5.68. The molecule has 15 heavy (non-hydrogen) atoms. The lowest BCUT2D eigenvalue weighted by atomic mass is 10.3. The van der Waals surface area contributed by atoms with Crippen LogP contribution in [0.5, 0.6) is 0 Å². The second kappa shape index (κ2) is 6.59. The molecule has 0 aromatic rings. The third-order valence-electron chi connectivity index (χ3n) is 1.35. The van der Waals surface area contributed by atoms with Gasteiger partial charge in [0.2, 0.25) is 0 Å². The zero-order chi connectivity index (χ0) is 11.9. The van der Waals surface area contributed by atoms with E-state index in [1.165, 1.54) is 0 Å².